The molecule has 0 bridgehead atoms. The second kappa shape index (κ2) is 6.73. The molecule has 1 aromatic carbocycles. The van der Waals surface area contributed by atoms with Gasteiger partial charge < -0.3 is 10.1 Å². The summed E-state index contributed by atoms with van der Waals surface area (Å²) in [5, 5.41) is 3.75. The summed E-state index contributed by atoms with van der Waals surface area (Å²) in [6, 6.07) is 11.4. The quantitative estimate of drug-likeness (QED) is 0.775. The maximum Gasteiger partial charge on any atom is 0.0803 e. The fourth-order valence-electron chi connectivity index (χ4n) is 3.28. The summed E-state index contributed by atoms with van der Waals surface area (Å²) >= 11 is 0. The van der Waals surface area contributed by atoms with Crippen molar-refractivity contribution in [2.75, 3.05) is 13.7 Å². The Kier molecular flexibility index (Phi) is 5.22. The number of ether oxygens (including phenoxy) is 1. The maximum absolute atomic E-state index is 5.87. The van der Waals surface area contributed by atoms with Gasteiger partial charge in [-0.3, -0.25) is 0 Å². The Morgan fingerprint density at radius 2 is 2.00 bits per heavy atom. The van der Waals surface area contributed by atoms with Crippen LogP contribution in [0.1, 0.15) is 51.5 Å². The van der Waals surface area contributed by atoms with Crippen molar-refractivity contribution in [2.45, 2.75) is 57.6 Å². The molecule has 20 heavy (non-hydrogen) atoms. The van der Waals surface area contributed by atoms with Crippen molar-refractivity contribution in [3.63, 3.8) is 0 Å². The lowest BCUT2D eigenvalue weighted by Crippen LogP contribution is -2.51. The van der Waals surface area contributed by atoms with Gasteiger partial charge in [-0.1, -0.05) is 44.2 Å². The second-order valence-electron chi connectivity index (χ2n) is 6.22. The summed E-state index contributed by atoms with van der Waals surface area (Å²) < 4.78 is 5.87. The van der Waals surface area contributed by atoms with Crippen molar-refractivity contribution in [3.8, 4) is 0 Å². The lowest BCUT2D eigenvalue weighted by Gasteiger charge is -2.37. The highest BCUT2D eigenvalue weighted by Crippen LogP contribution is 2.52. The van der Waals surface area contributed by atoms with E-state index in [0.29, 0.717) is 17.9 Å². The monoisotopic (exact) mass is 275 g/mol. The van der Waals surface area contributed by atoms with Crippen LogP contribution in [-0.2, 0) is 4.74 Å². The molecule has 2 heteroatoms. The van der Waals surface area contributed by atoms with E-state index in [1.54, 1.807) is 0 Å². The fraction of sp³-hybridized carbons (Fsp3) is 0.667. The van der Waals surface area contributed by atoms with E-state index in [-0.39, 0.29) is 5.60 Å². The van der Waals surface area contributed by atoms with Crippen LogP contribution in [0.4, 0.5) is 0 Å². The standard InChI is InChI=1S/C18H29NO/c1-5-12-19-17(18(3,6-2)20-4)16-13-15(16)14-10-8-7-9-11-14/h7-11,15-17,19H,5-6,12-13H2,1-4H3. The normalized spacial score (nSPS) is 26.0. The molecule has 1 aliphatic rings. The first-order valence-corrected chi connectivity index (χ1v) is 7.99. The van der Waals surface area contributed by atoms with Gasteiger partial charge in [0.05, 0.1) is 5.60 Å². The van der Waals surface area contributed by atoms with E-state index in [4.69, 9.17) is 4.74 Å². The zero-order valence-electron chi connectivity index (χ0n) is 13.4. The van der Waals surface area contributed by atoms with E-state index < -0.39 is 0 Å². The van der Waals surface area contributed by atoms with Crippen molar-refractivity contribution >= 4 is 0 Å². The molecule has 0 heterocycles. The minimum Gasteiger partial charge on any atom is -0.377 e. The van der Waals surface area contributed by atoms with Gasteiger partial charge in [0.1, 0.15) is 0 Å². The first kappa shape index (κ1) is 15.5. The van der Waals surface area contributed by atoms with Gasteiger partial charge in [-0.05, 0) is 50.1 Å². The van der Waals surface area contributed by atoms with E-state index in [9.17, 15) is 0 Å². The van der Waals surface area contributed by atoms with Gasteiger partial charge in [0.2, 0.25) is 0 Å². The summed E-state index contributed by atoms with van der Waals surface area (Å²) in [6.07, 6.45) is 3.50. The molecule has 1 aromatic rings. The van der Waals surface area contributed by atoms with E-state index in [1.807, 2.05) is 7.11 Å². The van der Waals surface area contributed by atoms with Gasteiger partial charge >= 0.3 is 0 Å². The Hall–Kier alpha value is -0.860. The van der Waals surface area contributed by atoms with Crippen LogP contribution < -0.4 is 5.32 Å². The molecule has 0 amide bonds. The minimum atomic E-state index is -0.0661. The Morgan fingerprint density at radius 3 is 2.55 bits per heavy atom. The molecule has 1 N–H and O–H groups in total. The van der Waals surface area contributed by atoms with Gasteiger partial charge in [-0.2, -0.15) is 0 Å². The highest BCUT2D eigenvalue weighted by Gasteiger charge is 2.50. The third-order valence-electron chi connectivity index (χ3n) is 4.94. The van der Waals surface area contributed by atoms with Crippen molar-refractivity contribution in [3.05, 3.63) is 35.9 Å². The van der Waals surface area contributed by atoms with Crippen molar-refractivity contribution in [1.29, 1.82) is 0 Å². The predicted octanol–water partition coefficient (Wildman–Crippen LogP) is 3.97. The summed E-state index contributed by atoms with van der Waals surface area (Å²) in [7, 11) is 1.85. The molecule has 0 radical (unpaired) electrons. The van der Waals surface area contributed by atoms with Crippen LogP contribution in [0.2, 0.25) is 0 Å². The second-order valence-corrected chi connectivity index (χ2v) is 6.22. The predicted molar refractivity (Wildman–Crippen MR) is 85.1 cm³/mol. The molecule has 112 valence electrons. The van der Waals surface area contributed by atoms with Crippen LogP contribution >= 0.6 is 0 Å². The summed E-state index contributed by atoms with van der Waals surface area (Å²) in [5.41, 5.74) is 1.42. The van der Waals surface area contributed by atoms with Crippen molar-refractivity contribution < 1.29 is 4.74 Å². The number of methoxy groups -OCH3 is 1. The van der Waals surface area contributed by atoms with Crippen LogP contribution in [0.3, 0.4) is 0 Å². The van der Waals surface area contributed by atoms with Gasteiger partial charge in [-0.15, -0.1) is 0 Å². The SMILES string of the molecule is CCCNC(C1CC1c1ccccc1)C(C)(CC)OC. The largest absolute Gasteiger partial charge is 0.377 e. The molecule has 0 aliphatic heterocycles. The Morgan fingerprint density at radius 1 is 1.30 bits per heavy atom. The number of nitrogens with one attached hydrogen (secondary N) is 1. The van der Waals surface area contributed by atoms with Gasteiger partial charge in [0.15, 0.2) is 0 Å². The highest BCUT2D eigenvalue weighted by atomic mass is 16.5. The maximum atomic E-state index is 5.87. The molecule has 1 aliphatic carbocycles. The Bertz CT molecular complexity index is 399. The molecular weight excluding hydrogens is 246 g/mol. The van der Waals surface area contributed by atoms with Crippen LogP contribution in [0, 0.1) is 5.92 Å². The molecule has 2 rings (SSSR count). The molecule has 0 spiro atoms. The molecule has 2 nitrogen and oxygen atoms in total. The molecule has 0 saturated heterocycles. The number of benzene rings is 1. The van der Waals surface area contributed by atoms with Crippen molar-refractivity contribution in [2.24, 2.45) is 5.92 Å². The van der Waals surface area contributed by atoms with Gasteiger partial charge in [-0.25, -0.2) is 0 Å². The fourth-order valence-corrected chi connectivity index (χ4v) is 3.28. The third kappa shape index (κ3) is 3.24. The van der Waals surface area contributed by atoms with Gasteiger partial charge in [0.25, 0.3) is 0 Å². The Balaban J connectivity index is 2.09. The summed E-state index contributed by atoms with van der Waals surface area (Å²) in [4.78, 5) is 0. The average Bonchev–Trinajstić information content (AvgIpc) is 3.28. The molecular formula is C18H29NO. The molecule has 1 fully saturated rings. The summed E-state index contributed by atoms with van der Waals surface area (Å²) in [5.74, 6) is 1.40. The average molecular weight is 275 g/mol. The van der Waals surface area contributed by atoms with Crippen molar-refractivity contribution in [1.82, 2.24) is 5.32 Å². The van der Waals surface area contributed by atoms with E-state index in [1.165, 1.54) is 18.4 Å². The first-order valence-electron chi connectivity index (χ1n) is 7.99. The highest BCUT2D eigenvalue weighted by molar-refractivity contribution is 5.27. The van der Waals surface area contributed by atoms with E-state index in [0.717, 1.165) is 13.0 Å². The number of hydrogen-bond donors (Lipinski definition) is 1. The topological polar surface area (TPSA) is 21.3 Å². The minimum absolute atomic E-state index is 0.0661. The smallest absolute Gasteiger partial charge is 0.0803 e. The molecule has 0 aromatic heterocycles. The van der Waals surface area contributed by atoms with Crippen LogP contribution in [0.15, 0.2) is 30.3 Å². The van der Waals surface area contributed by atoms with Gasteiger partial charge in [0, 0.05) is 13.2 Å². The zero-order valence-corrected chi connectivity index (χ0v) is 13.4. The van der Waals surface area contributed by atoms with Crippen LogP contribution in [0.5, 0.6) is 0 Å². The first-order chi connectivity index (χ1) is 9.66. The molecule has 4 atom stereocenters. The zero-order chi connectivity index (χ0) is 14.6. The van der Waals surface area contributed by atoms with E-state index in [2.05, 4.69) is 56.4 Å². The molecule has 4 unspecified atom stereocenters. The number of rotatable bonds is 8. The van der Waals surface area contributed by atoms with Crippen LogP contribution in [-0.4, -0.2) is 25.3 Å². The summed E-state index contributed by atoms with van der Waals surface area (Å²) in [6.45, 7) is 7.77. The Labute approximate surface area is 123 Å². The third-order valence-corrected chi connectivity index (χ3v) is 4.94. The lowest BCUT2D eigenvalue weighted by molar-refractivity contribution is -0.0354. The lowest BCUT2D eigenvalue weighted by atomic mass is 9.87. The molecule has 1 saturated carbocycles. The number of hydrogen-bond acceptors (Lipinski definition) is 2. The van der Waals surface area contributed by atoms with Crippen LogP contribution in [0.25, 0.3) is 0 Å². The van der Waals surface area contributed by atoms with E-state index >= 15 is 0 Å².